The van der Waals surface area contributed by atoms with E-state index in [1.165, 1.54) is 0 Å². The highest BCUT2D eigenvalue weighted by atomic mass is 79.9. The normalized spacial score (nSPS) is 26.2. The number of rotatable bonds is 3. The summed E-state index contributed by atoms with van der Waals surface area (Å²) in [5, 5.41) is 7.41. The number of aromatic nitrogens is 5. The molecule has 0 bridgehead atoms. The van der Waals surface area contributed by atoms with Crippen molar-refractivity contribution in [3.8, 4) is 6.01 Å². The van der Waals surface area contributed by atoms with Gasteiger partial charge in [-0.05, 0) is 35.3 Å². The minimum Gasteiger partial charge on any atom is -0.463 e. The molecule has 0 amide bonds. The van der Waals surface area contributed by atoms with Crippen LogP contribution in [-0.2, 0) is 7.05 Å². The van der Waals surface area contributed by atoms with Crippen molar-refractivity contribution in [1.82, 2.24) is 29.6 Å². The first-order valence-corrected chi connectivity index (χ1v) is 9.42. The Labute approximate surface area is 155 Å². The van der Waals surface area contributed by atoms with E-state index in [0.29, 0.717) is 40.7 Å². The van der Waals surface area contributed by atoms with Crippen LogP contribution in [0.5, 0.6) is 6.01 Å². The first-order chi connectivity index (χ1) is 12.5. The number of halogens is 2. The molecule has 0 saturated carbocycles. The Kier molecular flexibility index (Phi) is 3.45. The fourth-order valence-corrected chi connectivity index (χ4v) is 5.06. The van der Waals surface area contributed by atoms with Crippen molar-refractivity contribution in [2.24, 2.45) is 7.05 Å². The number of hydrogen-bond acceptors (Lipinski definition) is 5. The van der Waals surface area contributed by atoms with Crippen LogP contribution in [0.15, 0.2) is 9.40 Å². The van der Waals surface area contributed by atoms with Gasteiger partial charge in [0, 0.05) is 20.0 Å². The summed E-state index contributed by atoms with van der Waals surface area (Å²) in [4.78, 5) is 21.9. The van der Waals surface area contributed by atoms with Crippen LogP contribution < -0.4 is 10.3 Å². The van der Waals surface area contributed by atoms with Gasteiger partial charge in [0.1, 0.15) is 33.8 Å². The molecule has 10 heteroatoms. The summed E-state index contributed by atoms with van der Waals surface area (Å²) in [6, 6.07) is 0.161. The zero-order valence-electron chi connectivity index (χ0n) is 14.2. The third-order valence-electron chi connectivity index (χ3n) is 5.71. The molecule has 0 radical (unpaired) electrons. The SMILES string of the molecule is Cn1c2nc(OC[C@@]34CCCN3C[C@H](F)C4)[nH]c(=O)c2c2n[nH]c(Br)c21. The Hall–Kier alpha value is -1.94. The Morgan fingerprint density at radius 3 is 3.19 bits per heavy atom. The monoisotopic (exact) mass is 424 g/mol. The van der Waals surface area contributed by atoms with Crippen LogP contribution in [0.4, 0.5) is 4.39 Å². The van der Waals surface area contributed by atoms with Crippen LogP contribution in [0.2, 0.25) is 0 Å². The average molecular weight is 425 g/mol. The van der Waals surface area contributed by atoms with Crippen molar-refractivity contribution in [2.45, 2.75) is 31.0 Å². The second-order valence-electron chi connectivity index (χ2n) is 7.23. The van der Waals surface area contributed by atoms with E-state index in [0.717, 1.165) is 24.9 Å². The predicted molar refractivity (Wildman–Crippen MR) is 97.2 cm³/mol. The molecule has 138 valence electrons. The lowest BCUT2D eigenvalue weighted by Gasteiger charge is -2.30. The molecule has 3 aromatic rings. The number of hydrogen-bond donors (Lipinski definition) is 2. The van der Waals surface area contributed by atoms with Gasteiger partial charge in [-0.1, -0.05) is 0 Å². The van der Waals surface area contributed by atoms with Gasteiger partial charge in [0.2, 0.25) is 0 Å². The van der Waals surface area contributed by atoms with Crippen LogP contribution in [0, 0.1) is 0 Å². The maximum Gasteiger partial charge on any atom is 0.298 e. The van der Waals surface area contributed by atoms with E-state index < -0.39 is 6.17 Å². The zero-order valence-corrected chi connectivity index (χ0v) is 15.8. The summed E-state index contributed by atoms with van der Waals surface area (Å²) >= 11 is 3.40. The highest BCUT2D eigenvalue weighted by molar-refractivity contribution is 9.10. The summed E-state index contributed by atoms with van der Waals surface area (Å²) in [5.74, 6) is 0. The molecule has 0 aliphatic carbocycles. The predicted octanol–water partition coefficient (Wildman–Crippen LogP) is 1.86. The van der Waals surface area contributed by atoms with Crippen molar-refractivity contribution in [1.29, 1.82) is 0 Å². The van der Waals surface area contributed by atoms with Crippen LogP contribution >= 0.6 is 15.9 Å². The molecule has 8 nitrogen and oxygen atoms in total. The van der Waals surface area contributed by atoms with Gasteiger partial charge in [-0.3, -0.25) is 19.8 Å². The molecule has 2 aliphatic heterocycles. The van der Waals surface area contributed by atoms with Gasteiger partial charge in [0.25, 0.3) is 11.6 Å². The molecule has 2 N–H and O–H groups in total. The van der Waals surface area contributed by atoms with E-state index in [9.17, 15) is 9.18 Å². The van der Waals surface area contributed by atoms with Crippen molar-refractivity contribution >= 4 is 38.0 Å². The Bertz CT molecular complexity index is 1070. The lowest BCUT2D eigenvalue weighted by atomic mass is 9.95. The van der Waals surface area contributed by atoms with E-state index in [1.807, 2.05) is 7.05 Å². The lowest BCUT2D eigenvalue weighted by molar-refractivity contribution is 0.107. The first kappa shape index (κ1) is 16.2. The fourth-order valence-electron chi connectivity index (χ4n) is 4.52. The van der Waals surface area contributed by atoms with Crippen LogP contribution in [-0.4, -0.2) is 61.0 Å². The van der Waals surface area contributed by atoms with E-state index in [4.69, 9.17) is 4.74 Å². The Balaban J connectivity index is 1.51. The van der Waals surface area contributed by atoms with Gasteiger partial charge in [-0.25, -0.2) is 4.39 Å². The summed E-state index contributed by atoms with van der Waals surface area (Å²) in [6.07, 6.45) is 1.61. The van der Waals surface area contributed by atoms with Crippen LogP contribution in [0.3, 0.4) is 0 Å². The van der Waals surface area contributed by atoms with Crippen molar-refractivity contribution in [2.75, 3.05) is 19.7 Å². The number of nitrogens with zero attached hydrogens (tertiary/aromatic N) is 4. The number of aromatic amines is 2. The maximum absolute atomic E-state index is 13.9. The van der Waals surface area contributed by atoms with E-state index in [-0.39, 0.29) is 17.1 Å². The maximum atomic E-state index is 13.9. The van der Waals surface area contributed by atoms with E-state index in [1.54, 1.807) is 4.57 Å². The average Bonchev–Trinajstić information content (AvgIpc) is 3.29. The molecule has 0 unspecified atom stereocenters. The smallest absolute Gasteiger partial charge is 0.298 e. The fraction of sp³-hybridized carbons (Fsp3) is 0.562. The van der Waals surface area contributed by atoms with Gasteiger partial charge < -0.3 is 9.30 Å². The van der Waals surface area contributed by atoms with Crippen LogP contribution in [0.25, 0.3) is 22.1 Å². The number of fused-ring (bicyclic) bond motifs is 4. The molecular weight excluding hydrogens is 407 g/mol. The summed E-state index contributed by atoms with van der Waals surface area (Å²) in [7, 11) is 1.82. The third-order valence-corrected chi connectivity index (χ3v) is 6.26. The summed E-state index contributed by atoms with van der Waals surface area (Å²) in [6.45, 7) is 1.69. The number of nitrogens with one attached hydrogen (secondary N) is 2. The molecular formula is C16H18BrFN6O2. The van der Waals surface area contributed by atoms with Crippen LogP contribution in [0.1, 0.15) is 19.3 Å². The number of aryl methyl sites for hydroxylation is 1. The van der Waals surface area contributed by atoms with Crippen molar-refractivity contribution in [3.63, 3.8) is 0 Å². The summed E-state index contributed by atoms with van der Waals surface area (Å²) < 4.78 is 22.2. The van der Waals surface area contributed by atoms with E-state index in [2.05, 4.69) is 41.0 Å². The molecule has 3 aromatic heterocycles. The van der Waals surface area contributed by atoms with Crippen molar-refractivity contribution in [3.05, 3.63) is 15.0 Å². The molecule has 0 spiro atoms. The minimum absolute atomic E-state index is 0.161. The highest BCUT2D eigenvalue weighted by Crippen LogP contribution is 2.40. The molecule has 26 heavy (non-hydrogen) atoms. The molecule has 5 heterocycles. The summed E-state index contributed by atoms with van der Waals surface area (Å²) in [5.41, 5.74) is 1.26. The molecule has 2 saturated heterocycles. The lowest BCUT2D eigenvalue weighted by Crippen LogP contribution is -2.43. The molecule has 0 aromatic carbocycles. The highest BCUT2D eigenvalue weighted by Gasteiger charge is 2.49. The second kappa shape index (κ2) is 5.53. The van der Waals surface area contributed by atoms with Gasteiger partial charge in [0.15, 0.2) is 5.65 Å². The molecule has 2 atom stereocenters. The van der Waals surface area contributed by atoms with Gasteiger partial charge in [-0.2, -0.15) is 10.1 Å². The molecule has 5 rings (SSSR count). The third kappa shape index (κ3) is 2.18. The largest absolute Gasteiger partial charge is 0.463 e. The van der Waals surface area contributed by atoms with Gasteiger partial charge in [0.05, 0.1) is 5.54 Å². The quantitative estimate of drug-likeness (QED) is 0.669. The van der Waals surface area contributed by atoms with Gasteiger partial charge >= 0.3 is 0 Å². The Morgan fingerprint density at radius 1 is 1.50 bits per heavy atom. The molecule has 2 fully saturated rings. The number of H-pyrrole nitrogens is 2. The van der Waals surface area contributed by atoms with Gasteiger partial charge in [-0.15, -0.1) is 0 Å². The number of ether oxygens (including phenoxy) is 1. The first-order valence-electron chi connectivity index (χ1n) is 8.63. The van der Waals surface area contributed by atoms with E-state index >= 15 is 0 Å². The minimum atomic E-state index is -0.814. The number of alkyl halides is 1. The molecule has 2 aliphatic rings. The zero-order chi connectivity index (χ0) is 18.1. The second-order valence-corrected chi connectivity index (χ2v) is 8.02. The standard InChI is InChI=1S/C16H18BrFN6O2/c1-23-11-10(21-22-12(11)17)9-13(23)19-15(20-14(9)25)26-7-16-3-2-4-24(16)6-8(18)5-16/h8H,2-7H2,1H3,(H,21,22)(H,19,20,25)/t8-,16+/m1/s1. The Morgan fingerprint density at radius 2 is 2.35 bits per heavy atom. The topological polar surface area (TPSA) is 91.8 Å². The van der Waals surface area contributed by atoms with Crippen molar-refractivity contribution < 1.29 is 9.13 Å².